The predicted molar refractivity (Wildman–Crippen MR) is 106 cm³/mol. The highest BCUT2D eigenvalue weighted by Crippen LogP contribution is 2.45. The Kier molecular flexibility index (Phi) is 4.49. The van der Waals surface area contributed by atoms with Crippen molar-refractivity contribution in [2.45, 2.75) is 32.7 Å². The minimum absolute atomic E-state index is 0.0213. The number of amides is 1. The lowest BCUT2D eigenvalue weighted by molar-refractivity contribution is 0.0710. The van der Waals surface area contributed by atoms with Gasteiger partial charge in [-0.25, -0.2) is 4.98 Å². The fraction of sp³-hybridized carbons (Fsp3) is 0.500. The van der Waals surface area contributed by atoms with Gasteiger partial charge >= 0.3 is 0 Å². The van der Waals surface area contributed by atoms with E-state index in [-0.39, 0.29) is 11.9 Å². The quantitative estimate of drug-likeness (QED) is 0.869. The number of nitrogens with two attached hydrogens (primary N) is 2. The van der Waals surface area contributed by atoms with E-state index < -0.39 is 0 Å². The number of aryl methyl sites for hydroxylation is 1. The first-order valence-electron chi connectivity index (χ1n) is 9.32. The normalized spacial score (nSPS) is 27.7. The molecule has 2 heterocycles. The molecule has 4 atom stereocenters. The number of aromatic nitrogens is 1. The fourth-order valence-electron chi connectivity index (χ4n) is 4.88. The zero-order valence-corrected chi connectivity index (χ0v) is 16.1. The number of benzene rings is 1. The molecular weight excluding hydrogens is 344 g/mol. The monoisotopic (exact) mass is 370 g/mol. The number of nitrogen functional groups attached to an aromatic ring is 1. The zero-order valence-electron chi connectivity index (χ0n) is 15.3. The minimum Gasteiger partial charge on any atom is -0.375 e. The summed E-state index contributed by atoms with van der Waals surface area (Å²) in [6, 6.07) is 8.25. The molecule has 1 aliphatic carbocycles. The molecule has 2 aromatic rings. The standard InChI is InChI=1S/C20H26N4OS/c1-11-4-3-5-13(6-11)18-17(23-20(22)26-18)19(25)24-10-14-7-12(2)8-15(14)16(24)9-21/h3-6,12,14-16H,7-10,21H2,1-2H3,(H2,22,23)/t12?,14-,15-,16+/m0/s1. The number of rotatable bonds is 3. The van der Waals surface area contributed by atoms with Crippen LogP contribution < -0.4 is 11.5 Å². The lowest BCUT2D eigenvalue weighted by atomic mass is 9.94. The van der Waals surface area contributed by atoms with Crippen LogP contribution in [0.5, 0.6) is 0 Å². The summed E-state index contributed by atoms with van der Waals surface area (Å²) in [6.07, 6.45) is 2.36. The molecule has 1 aliphatic heterocycles. The number of hydrogen-bond acceptors (Lipinski definition) is 5. The maximum Gasteiger partial charge on any atom is 0.274 e. The van der Waals surface area contributed by atoms with Gasteiger partial charge in [0.2, 0.25) is 0 Å². The summed E-state index contributed by atoms with van der Waals surface area (Å²) in [5.74, 6) is 1.80. The van der Waals surface area contributed by atoms with Crippen LogP contribution in [0.1, 0.15) is 35.8 Å². The Labute approximate surface area is 158 Å². The average Bonchev–Trinajstić information content (AvgIpc) is 3.25. The Bertz CT molecular complexity index is 833. The Hall–Kier alpha value is -1.92. The third-order valence-corrected chi connectivity index (χ3v) is 6.87. The van der Waals surface area contributed by atoms with E-state index in [4.69, 9.17) is 11.5 Å². The summed E-state index contributed by atoms with van der Waals surface area (Å²) >= 11 is 1.38. The molecule has 26 heavy (non-hydrogen) atoms. The van der Waals surface area contributed by atoms with E-state index >= 15 is 0 Å². The third kappa shape index (κ3) is 2.91. The third-order valence-electron chi connectivity index (χ3n) is 5.94. The number of carbonyl (C=O) groups is 1. The van der Waals surface area contributed by atoms with Crippen molar-refractivity contribution in [3.05, 3.63) is 35.5 Å². The molecular formula is C20H26N4OS. The SMILES string of the molecule is Cc1cccc(-c2sc(N)nc2C(=O)N2C[C@@H]3CC(C)C[C@@H]3[C@H]2CN)c1. The fourth-order valence-corrected chi connectivity index (χ4v) is 5.70. The highest BCUT2D eigenvalue weighted by atomic mass is 32.1. The van der Waals surface area contributed by atoms with E-state index in [1.165, 1.54) is 24.2 Å². The van der Waals surface area contributed by atoms with Gasteiger partial charge in [0.05, 0.1) is 4.88 Å². The van der Waals surface area contributed by atoms with Gasteiger partial charge in [-0.05, 0) is 43.1 Å². The summed E-state index contributed by atoms with van der Waals surface area (Å²) in [7, 11) is 0. The number of carbonyl (C=O) groups excluding carboxylic acids is 1. The second-order valence-electron chi connectivity index (χ2n) is 7.86. The topological polar surface area (TPSA) is 85.2 Å². The molecule has 138 valence electrons. The molecule has 0 spiro atoms. The maximum atomic E-state index is 13.4. The summed E-state index contributed by atoms with van der Waals surface area (Å²) in [6.45, 7) is 5.65. The number of likely N-dealkylation sites (tertiary alicyclic amines) is 1. The lowest BCUT2D eigenvalue weighted by Crippen LogP contribution is -2.43. The van der Waals surface area contributed by atoms with Crippen molar-refractivity contribution in [3.8, 4) is 10.4 Å². The molecule has 4 N–H and O–H groups in total. The van der Waals surface area contributed by atoms with E-state index in [0.29, 0.717) is 29.2 Å². The Balaban J connectivity index is 1.67. The summed E-state index contributed by atoms with van der Waals surface area (Å²) < 4.78 is 0. The molecule has 1 amide bonds. The first kappa shape index (κ1) is 17.5. The van der Waals surface area contributed by atoms with E-state index in [2.05, 4.69) is 18.0 Å². The molecule has 1 unspecified atom stereocenters. The van der Waals surface area contributed by atoms with Crippen molar-refractivity contribution in [2.24, 2.45) is 23.5 Å². The summed E-state index contributed by atoms with van der Waals surface area (Å²) in [5, 5.41) is 0.433. The molecule has 5 nitrogen and oxygen atoms in total. The van der Waals surface area contributed by atoms with E-state index in [0.717, 1.165) is 28.5 Å². The van der Waals surface area contributed by atoms with Crippen LogP contribution in [0.25, 0.3) is 10.4 Å². The number of anilines is 1. The number of fused-ring (bicyclic) bond motifs is 1. The van der Waals surface area contributed by atoms with Crippen LogP contribution in [-0.2, 0) is 0 Å². The van der Waals surface area contributed by atoms with Crippen molar-refractivity contribution in [2.75, 3.05) is 18.8 Å². The first-order chi connectivity index (χ1) is 12.5. The largest absolute Gasteiger partial charge is 0.375 e. The predicted octanol–water partition coefficient (Wildman–Crippen LogP) is 3.15. The molecule has 1 saturated carbocycles. The molecule has 6 heteroatoms. The van der Waals surface area contributed by atoms with Crippen LogP contribution in [0.2, 0.25) is 0 Å². The van der Waals surface area contributed by atoms with Gasteiger partial charge in [-0.2, -0.15) is 0 Å². The highest BCUT2D eigenvalue weighted by molar-refractivity contribution is 7.19. The van der Waals surface area contributed by atoms with Crippen LogP contribution in [0, 0.1) is 24.7 Å². The maximum absolute atomic E-state index is 13.4. The molecule has 0 bridgehead atoms. The van der Waals surface area contributed by atoms with Crippen LogP contribution in [-0.4, -0.2) is 34.9 Å². The van der Waals surface area contributed by atoms with E-state index in [9.17, 15) is 4.79 Å². The van der Waals surface area contributed by atoms with Gasteiger partial charge in [0.25, 0.3) is 5.91 Å². The van der Waals surface area contributed by atoms with Crippen LogP contribution >= 0.6 is 11.3 Å². The van der Waals surface area contributed by atoms with Crippen molar-refractivity contribution in [3.63, 3.8) is 0 Å². The molecule has 2 aliphatic rings. The summed E-state index contributed by atoms with van der Waals surface area (Å²) in [4.78, 5) is 20.6. The molecule has 1 aromatic carbocycles. The van der Waals surface area contributed by atoms with E-state index in [1.807, 2.05) is 30.0 Å². The van der Waals surface area contributed by atoms with Crippen molar-refractivity contribution < 1.29 is 4.79 Å². The number of hydrogen-bond donors (Lipinski definition) is 2. The molecule has 1 aromatic heterocycles. The van der Waals surface area contributed by atoms with Gasteiger partial charge in [0.1, 0.15) is 5.69 Å². The average molecular weight is 371 g/mol. The van der Waals surface area contributed by atoms with Gasteiger partial charge in [-0.1, -0.05) is 48.1 Å². The summed E-state index contributed by atoms with van der Waals surface area (Å²) in [5.41, 5.74) is 14.7. The Morgan fingerprint density at radius 2 is 2.19 bits per heavy atom. The van der Waals surface area contributed by atoms with Crippen LogP contribution in [0.15, 0.2) is 24.3 Å². The van der Waals surface area contributed by atoms with Crippen molar-refractivity contribution >= 4 is 22.4 Å². The van der Waals surface area contributed by atoms with Gasteiger partial charge in [-0.3, -0.25) is 4.79 Å². The van der Waals surface area contributed by atoms with Crippen molar-refractivity contribution in [1.82, 2.24) is 9.88 Å². The van der Waals surface area contributed by atoms with Crippen LogP contribution in [0.4, 0.5) is 5.13 Å². The lowest BCUT2D eigenvalue weighted by Gasteiger charge is -2.27. The van der Waals surface area contributed by atoms with Gasteiger partial charge in [0, 0.05) is 19.1 Å². The molecule has 4 rings (SSSR count). The Morgan fingerprint density at radius 3 is 2.92 bits per heavy atom. The van der Waals surface area contributed by atoms with Crippen molar-refractivity contribution in [1.29, 1.82) is 0 Å². The number of thiazole rings is 1. The second-order valence-corrected chi connectivity index (χ2v) is 8.89. The Morgan fingerprint density at radius 1 is 1.38 bits per heavy atom. The second kappa shape index (κ2) is 6.67. The first-order valence-corrected chi connectivity index (χ1v) is 10.1. The molecule has 0 radical (unpaired) electrons. The minimum atomic E-state index is -0.0213. The van der Waals surface area contributed by atoms with Gasteiger partial charge in [-0.15, -0.1) is 0 Å². The molecule has 2 fully saturated rings. The van der Waals surface area contributed by atoms with E-state index in [1.54, 1.807) is 0 Å². The zero-order chi connectivity index (χ0) is 18.4. The van der Waals surface area contributed by atoms with Gasteiger partial charge in [0.15, 0.2) is 5.13 Å². The highest BCUT2D eigenvalue weighted by Gasteiger charge is 2.48. The van der Waals surface area contributed by atoms with Gasteiger partial charge < -0.3 is 16.4 Å². The smallest absolute Gasteiger partial charge is 0.274 e. The van der Waals surface area contributed by atoms with Crippen LogP contribution in [0.3, 0.4) is 0 Å². The molecule has 1 saturated heterocycles. The number of nitrogens with zero attached hydrogens (tertiary/aromatic N) is 2.